The van der Waals surface area contributed by atoms with Crippen LogP contribution in [0.5, 0.6) is 0 Å². The molecule has 10 rings (SSSR count). The third-order valence-electron chi connectivity index (χ3n) is 14.8. The predicted molar refractivity (Wildman–Crippen MR) is 329 cm³/mol. The summed E-state index contributed by atoms with van der Waals surface area (Å²) in [5.74, 6) is 0.781. The van der Waals surface area contributed by atoms with Gasteiger partial charge in [-0.15, -0.1) is 148 Å². The van der Waals surface area contributed by atoms with E-state index in [1.807, 2.05) is 0 Å². The van der Waals surface area contributed by atoms with Crippen molar-refractivity contribution >= 4 is 142 Å². The number of unbranched alkanes of at least 4 members (excludes halogenated alkanes) is 10. The van der Waals surface area contributed by atoms with Crippen LogP contribution < -0.4 is 24.8 Å². The minimum Gasteiger partial charge on any atom is -1.00 e. The van der Waals surface area contributed by atoms with E-state index in [-0.39, 0.29) is 51.0 Å². The van der Waals surface area contributed by atoms with Crippen molar-refractivity contribution in [3.63, 3.8) is 0 Å². The monoisotopic (exact) mass is 1300 g/mol. The molecule has 14 heteroatoms. The van der Waals surface area contributed by atoms with Crippen molar-refractivity contribution in [3.05, 3.63) is 190 Å². The van der Waals surface area contributed by atoms with Crippen LogP contribution in [0.25, 0.3) is 55.2 Å². The molecule has 0 aliphatic heterocycles. The molecule has 0 bridgehead atoms. The van der Waals surface area contributed by atoms with Gasteiger partial charge in [0.25, 0.3) is 0 Å². The minimum absolute atomic E-state index is 0. The summed E-state index contributed by atoms with van der Waals surface area (Å²) in [6.07, 6.45) is 17.3. The minimum atomic E-state index is -3.00. The third-order valence-corrected chi connectivity index (χ3v) is 22.4. The normalized spacial score (nSPS) is 14.9. The molecule has 0 radical (unpaired) electrons. The molecule has 0 aromatic heterocycles. The molecule has 8 aromatic rings. The quantitative estimate of drug-likeness (QED) is 0.0346. The number of allylic oxidation sites excluding steroid dienone is 2. The molecule has 8 aromatic carbocycles. The molecule has 0 heterocycles. The first kappa shape index (κ1) is 65.1. The van der Waals surface area contributed by atoms with Gasteiger partial charge in [0.1, 0.15) is 0 Å². The fourth-order valence-corrected chi connectivity index (χ4v) is 16.7. The van der Waals surface area contributed by atoms with Gasteiger partial charge in [0.2, 0.25) is 0 Å². The average molecular weight is 1300 g/mol. The van der Waals surface area contributed by atoms with Crippen LogP contribution in [-0.4, -0.2) is 30.2 Å². The van der Waals surface area contributed by atoms with Crippen molar-refractivity contribution in [2.75, 3.05) is 0 Å². The third kappa shape index (κ3) is 18.2. The van der Waals surface area contributed by atoms with Crippen LogP contribution in [0.1, 0.15) is 136 Å². The topological polar surface area (TPSA) is 40.5 Å². The van der Waals surface area contributed by atoms with Crippen LogP contribution in [0, 0.1) is 0 Å². The van der Waals surface area contributed by atoms with E-state index in [1.165, 1.54) is 87.6 Å². The van der Waals surface area contributed by atoms with Crippen molar-refractivity contribution < 1.29 is 60.6 Å². The number of fused-ring (bicyclic) bond motifs is 8. The Balaban J connectivity index is 0.000000207. The van der Waals surface area contributed by atoms with Crippen LogP contribution in [0.3, 0.4) is 0 Å². The molecule has 400 valence electrons. The Bertz CT molecular complexity index is 2900. The largest absolute Gasteiger partial charge is 4.00 e. The number of benzene rings is 6. The first-order chi connectivity index (χ1) is 35.0. The second-order valence-electron chi connectivity index (χ2n) is 20.5. The average Bonchev–Trinajstić information content (AvgIpc) is 4.14. The fraction of sp³-hybridized carbons (Fsp3) is 0.323. The number of rotatable bonds is 20. The Labute approximate surface area is 514 Å². The summed E-state index contributed by atoms with van der Waals surface area (Å²) < 4.78 is 0. The van der Waals surface area contributed by atoms with Crippen LogP contribution in [0.2, 0.25) is 24.2 Å². The Hall–Kier alpha value is -1.69. The Kier molecular flexibility index (Phi) is 26.0. The summed E-state index contributed by atoms with van der Waals surface area (Å²) in [5.41, 5.74) is 11.4. The summed E-state index contributed by atoms with van der Waals surface area (Å²) >= 11 is 35.1. The first-order valence-electron chi connectivity index (χ1n) is 26.3. The summed E-state index contributed by atoms with van der Waals surface area (Å²) in [5, 5.41) is 10.7. The summed E-state index contributed by atoms with van der Waals surface area (Å²) in [4.78, 5) is 20.4. The van der Waals surface area contributed by atoms with E-state index in [0.717, 1.165) is 89.1 Å². The Morgan fingerprint density at radius 2 is 0.724 bits per heavy atom. The maximum atomic E-state index is 10.2. The zero-order valence-corrected chi connectivity index (χ0v) is 54.9. The molecule has 0 saturated heterocycles. The molecular weight excluding hydrogens is 1240 g/mol. The van der Waals surface area contributed by atoms with E-state index >= 15 is 0 Å². The Morgan fingerprint density at radius 3 is 1.08 bits per heavy atom. The van der Waals surface area contributed by atoms with Gasteiger partial charge in [-0.2, -0.15) is 12.1 Å². The van der Waals surface area contributed by atoms with Crippen molar-refractivity contribution in [2.45, 2.75) is 127 Å². The van der Waals surface area contributed by atoms with Crippen LogP contribution in [0.4, 0.5) is 0 Å². The maximum Gasteiger partial charge on any atom is 4.00 e. The molecule has 2 N–H and O–H groups in total. The molecule has 2 atom stereocenters. The number of hydrogen-bond donors (Lipinski definition) is 2. The van der Waals surface area contributed by atoms with Crippen molar-refractivity contribution in [3.8, 4) is 0 Å². The van der Waals surface area contributed by atoms with Crippen molar-refractivity contribution in [1.29, 1.82) is 0 Å². The van der Waals surface area contributed by atoms with Crippen molar-refractivity contribution in [2.24, 2.45) is 0 Å². The van der Waals surface area contributed by atoms with Gasteiger partial charge in [0.05, 0.1) is 0 Å². The second-order valence-corrected chi connectivity index (χ2v) is 42.0. The Morgan fingerprint density at radius 1 is 0.408 bits per heavy atom. The van der Waals surface area contributed by atoms with E-state index in [9.17, 15) is 9.59 Å². The number of halogens is 8. The van der Waals surface area contributed by atoms with Gasteiger partial charge in [0.15, 0.2) is 0 Å². The molecular formula is C62H68Cl8O2Si3Zr. The summed E-state index contributed by atoms with van der Waals surface area (Å²) in [7, 11) is -3.00. The molecule has 2 nitrogen and oxygen atoms in total. The van der Waals surface area contributed by atoms with E-state index in [1.54, 1.807) is 0 Å². The van der Waals surface area contributed by atoms with E-state index in [4.69, 9.17) is 66.5 Å². The standard InChI is InChI=1S/2C23H17.C16H34Cl6O2Si3.2ClH.Zr/c2*1-15-12-22-20-9-5-4-6-16(20)10-11-21(22)23(15)19-13-17-7-2-3-8-18(17)14-19;17-26(18,19)15-11-7-3-1-5-9-13-25(23,24)14-10-6-2-4-8-12-16-27(20,21)22;;;/h2*2-14,23H,1H3;23-24H,1-16H2;2*1H;/q2*-1;;;;+4/p-2. The summed E-state index contributed by atoms with van der Waals surface area (Å²) in [6, 6.07) is 50.9. The molecule has 76 heavy (non-hydrogen) atoms. The maximum absolute atomic E-state index is 10.2. The van der Waals surface area contributed by atoms with E-state index < -0.39 is 20.6 Å². The van der Waals surface area contributed by atoms with Gasteiger partial charge >= 0.3 is 46.8 Å². The second kappa shape index (κ2) is 30.4. The van der Waals surface area contributed by atoms with E-state index in [2.05, 4.69) is 172 Å². The van der Waals surface area contributed by atoms with Crippen molar-refractivity contribution in [1.82, 2.24) is 0 Å². The molecule has 2 aliphatic carbocycles. The van der Waals surface area contributed by atoms with Crippen LogP contribution in [0.15, 0.2) is 157 Å². The predicted octanol–water partition coefficient (Wildman–Crippen LogP) is 14.9. The summed E-state index contributed by atoms with van der Waals surface area (Å²) in [6.45, 7) is 4.52. The van der Waals surface area contributed by atoms with Gasteiger partial charge in [0, 0.05) is 11.8 Å². The molecule has 2 aliphatic rings. The molecule has 0 spiro atoms. The van der Waals surface area contributed by atoms with Crippen LogP contribution in [-0.2, 0) is 26.2 Å². The zero-order chi connectivity index (χ0) is 51.6. The number of hydrogen-bond acceptors (Lipinski definition) is 2. The first-order valence-corrected chi connectivity index (χ1v) is 39.1. The van der Waals surface area contributed by atoms with Gasteiger partial charge in [-0.1, -0.05) is 185 Å². The van der Waals surface area contributed by atoms with E-state index in [0.29, 0.717) is 23.9 Å². The molecule has 2 unspecified atom stereocenters. The molecule has 0 fully saturated rings. The van der Waals surface area contributed by atoms with Gasteiger partial charge in [-0.3, -0.25) is 0 Å². The van der Waals surface area contributed by atoms with Gasteiger partial charge in [-0.25, -0.2) is 0 Å². The van der Waals surface area contributed by atoms with Gasteiger partial charge < -0.3 is 34.4 Å². The smallest absolute Gasteiger partial charge is 1.00 e. The SMILES string of the molecule is CC1=Cc2c(ccc3ccccc23)C1c1cc2ccccc2[cH-]1.CC1=Cc2c(ccc3ccccc23)C1c1cc2ccccc2[cH-]1.O[Si](O)(CCCCCCCC[Si](Cl)(Cl)Cl)CCCCCCCC[Si](Cl)(Cl)Cl.[Cl-].[Cl-].[Zr+4]. The zero-order valence-electron chi connectivity index (χ0n) is 43.4. The molecule has 0 amide bonds. The van der Waals surface area contributed by atoms with Gasteiger partial charge in [-0.05, 0) is 81.8 Å². The molecule has 0 saturated carbocycles. The van der Waals surface area contributed by atoms with Crippen LogP contribution >= 0.6 is 66.5 Å². The fourth-order valence-electron chi connectivity index (χ4n) is 11.1.